The van der Waals surface area contributed by atoms with Gasteiger partial charge >= 0.3 is 0 Å². The summed E-state index contributed by atoms with van der Waals surface area (Å²) in [7, 11) is 0. The number of H-pyrrole nitrogens is 1. The lowest BCUT2D eigenvalue weighted by molar-refractivity contribution is 1.41. The molecule has 17 heavy (non-hydrogen) atoms. The quantitative estimate of drug-likeness (QED) is 0.654. The van der Waals surface area contributed by atoms with Gasteiger partial charge < -0.3 is 4.98 Å². The number of aryl methyl sites for hydroxylation is 1. The third-order valence-electron chi connectivity index (χ3n) is 3.09. The summed E-state index contributed by atoms with van der Waals surface area (Å²) in [6, 6.07) is 16.7. The molecule has 0 amide bonds. The highest BCUT2D eigenvalue weighted by Gasteiger charge is 2.10. The van der Waals surface area contributed by atoms with Crippen molar-refractivity contribution in [1.29, 1.82) is 0 Å². The minimum Gasteiger partial charge on any atom is -0.354 e. The van der Waals surface area contributed by atoms with E-state index >= 15 is 0 Å². The third kappa shape index (κ3) is 1.69. The molecule has 0 aliphatic rings. The van der Waals surface area contributed by atoms with Crippen LogP contribution in [0.2, 0.25) is 0 Å². The van der Waals surface area contributed by atoms with Gasteiger partial charge in [0.2, 0.25) is 0 Å². The van der Waals surface area contributed by atoms with Gasteiger partial charge in [-0.2, -0.15) is 0 Å². The van der Waals surface area contributed by atoms with E-state index in [-0.39, 0.29) is 0 Å². The third-order valence-corrected chi connectivity index (χ3v) is 3.75. The molecular formula is C15H12BrN. The lowest BCUT2D eigenvalue weighted by Crippen LogP contribution is -1.79. The summed E-state index contributed by atoms with van der Waals surface area (Å²) in [6.45, 7) is 2.16. The van der Waals surface area contributed by atoms with E-state index in [1.165, 1.54) is 27.7 Å². The molecular weight excluding hydrogens is 274 g/mol. The van der Waals surface area contributed by atoms with Crippen LogP contribution in [-0.2, 0) is 0 Å². The average Bonchev–Trinajstić information content (AvgIpc) is 2.69. The van der Waals surface area contributed by atoms with Crippen LogP contribution in [-0.4, -0.2) is 4.98 Å². The molecule has 2 aromatic carbocycles. The van der Waals surface area contributed by atoms with Gasteiger partial charge in [-0.3, -0.25) is 0 Å². The van der Waals surface area contributed by atoms with Gasteiger partial charge in [0.05, 0.1) is 0 Å². The largest absolute Gasteiger partial charge is 0.354 e. The Morgan fingerprint density at radius 1 is 0.941 bits per heavy atom. The van der Waals surface area contributed by atoms with Crippen LogP contribution in [0.1, 0.15) is 5.56 Å². The molecule has 1 heterocycles. The molecule has 1 nitrogen and oxygen atoms in total. The molecule has 0 aliphatic carbocycles. The van der Waals surface area contributed by atoms with Crippen LogP contribution in [0.4, 0.5) is 0 Å². The summed E-state index contributed by atoms with van der Waals surface area (Å²) >= 11 is 3.61. The van der Waals surface area contributed by atoms with Crippen molar-refractivity contribution < 1.29 is 0 Å². The highest BCUT2D eigenvalue weighted by molar-refractivity contribution is 9.10. The van der Waals surface area contributed by atoms with E-state index in [1.54, 1.807) is 0 Å². The number of halogens is 1. The number of rotatable bonds is 1. The highest BCUT2D eigenvalue weighted by atomic mass is 79.9. The van der Waals surface area contributed by atoms with Gasteiger partial charge in [-0.1, -0.05) is 52.3 Å². The molecule has 0 atom stereocenters. The Morgan fingerprint density at radius 3 is 2.41 bits per heavy atom. The van der Waals surface area contributed by atoms with Crippen molar-refractivity contribution >= 4 is 26.8 Å². The second-order valence-electron chi connectivity index (χ2n) is 4.15. The fourth-order valence-electron chi connectivity index (χ4n) is 2.26. The molecule has 0 aliphatic heterocycles. The number of nitrogens with one attached hydrogen (secondary N) is 1. The first-order valence-corrected chi connectivity index (χ1v) is 6.39. The summed E-state index contributed by atoms with van der Waals surface area (Å²) in [5.74, 6) is 0. The second kappa shape index (κ2) is 4.04. The van der Waals surface area contributed by atoms with Gasteiger partial charge in [-0.15, -0.1) is 0 Å². The van der Waals surface area contributed by atoms with Crippen LogP contribution in [0, 0.1) is 6.92 Å². The molecule has 0 spiro atoms. The second-order valence-corrected chi connectivity index (χ2v) is 5.01. The molecule has 0 bridgehead atoms. The number of fused-ring (bicyclic) bond motifs is 1. The van der Waals surface area contributed by atoms with Gasteiger partial charge in [0, 0.05) is 21.1 Å². The summed E-state index contributed by atoms with van der Waals surface area (Å²) in [6.07, 6.45) is 0. The van der Waals surface area contributed by atoms with E-state index in [1.807, 2.05) is 6.07 Å². The first kappa shape index (κ1) is 10.6. The fraction of sp³-hybridized carbons (Fsp3) is 0.0667. The molecule has 3 aromatic rings. The van der Waals surface area contributed by atoms with Crippen LogP contribution in [0.5, 0.6) is 0 Å². The molecule has 3 rings (SSSR count). The zero-order chi connectivity index (χ0) is 11.8. The number of hydrogen-bond acceptors (Lipinski definition) is 0. The Balaban J connectivity index is 2.33. The molecule has 1 aromatic heterocycles. The highest BCUT2D eigenvalue weighted by Crippen LogP contribution is 2.33. The maximum absolute atomic E-state index is 3.61. The summed E-state index contributed by atoms with van der Waals surface area (Å²) < 4.78 is 1.14. The summed E-state index contributed by atoms with van der Waals surface area (Å²) in [5.41, 5.74) is 4.90. The summed E-state index contributed by atoms with van der Waals surface area (Å²) in [4.78, 5) is 3.49. The topological polar surface area (TPSA) is 15.8 Å². The van der Waals surface area contributed by atoms with Crippen LogP contribution >= 0.6 is 15.9 Å². The Hall–Kier alpha value is -1.54. The van der Waals surface area contributed by atoms with E-state index in [0.29, 0.717) is 0 Å². The SMILES string of the molecule is Cc1c(-c2ccccc2)[nH]c2cccc(Br)c12. The maximum atomic E-state index is 3.61. The zero-order valence-corrected chi connectivity index (χ0v) is 11.1. The van der Waals surface area contributed by atoms with Gasteiger partial charge in [0.25, 0.3) is 0 Å². The predicted octanol–water partition coefficient (Wildman–Crippen LogP) is 4.91. The predicted molar refractivity (Wildman–Crippen MR) is 76.2 cm³/mol. The Morgan fingerprint density at radius 2 is 1.71 bits per heavy atom. The van der Waals surface area contributed by atoms with Gasteiger partial charge in [0.1, 0.15) is 0 Å². The van der Waals surface area contributed by atoms with E-state index in [9.17, 15) is 0 Å². The molecule has 0 unspecified atom stereocenters. The number of aromatic amines is 1. The normalized spacial score (nSPS) is 10.9. The van der Waals surface area contributed by atoms with E-state index in [2.05, 4.69) is 70.3 Å². The standard InChI is InChI=1S/C15H12BrN/c1-10-14-12(16)8-5-9-13(14)17-15(10)11-6-3-2-4-7-11/h2-9,17H,1H3. The van der Waals surface area contributed by atoms with Crippen molar-refractivity contribution in [3.63, 3.8) is 0 Å². The molecule has 0 saturated carbocycles. The van der Waals surface area contributed by atoms with Crippen molar-refractivity contribution in [2.75, 3.05) is 0 Å². The summed E-state index contributed by atoms with van der Waals surface area (Å²) in [5, 5.41) is 1.27. The number of aromatic nitrogens is 1. The Kier molecular flexibility index (Phi) is 2.52. The van der Waals surface area contributed by atoms with Crippen LogP contribution in [0.15, 0.2) is 53.0 Å². The van der Waals surface area contributed by atoms with Gasteiger partial charge in [-0.05, 0) is 30.2 Å². The lowest BCUT2D eigenvalue weighted by atomic mass is 10.1. The zero-order valence-electron chi connectivity index (χ0n) is 9.50. The van der Waals surface area contributed by atoms with Gasteiger partial charge in [0.15, 0.2) is 0 Å². The molecule has 2 heteroatoms. The molecule has 0 radical (unpaired) electrons. The van der Waals surface area contributed by atoms with Crippen molar-refractivity contribution in [1.82, 2.24) is 4.98 Å². The van der Waals surface area contributed by atoms with E-state index < -0.39 is 0 Å². The molecule has 1 N–H and O–H groups in total. The average molecular weight is 286 g/mol. The van der Waals surface area contributed by atoms with Crippen molar-refractivity contribution in [2.24, 2.45) is 0 Å². The van der Waals surface area contributed by atoms with Crippen LogP contribution in [0.3, 0.4) is 0 Å². The van der Waals surface area contributed by atoms with Crippen molar-refractivity contribution in [3.8, 4) is 11.3 Å². The Bertz CT molecular complexity index is 668. The van der Waals surface area contributed by atoms with E-state index in [4.69, 9.17) is 0 Å². The lowest BCUT2D eigenvalue weighted by Gasteiger charge is -1.99. The minimum absolute atomic E-state index is 1.14. The van der Waals surface area contributed by atoms with E-state index in [0.717, 1.165) is 4.47 Å². The van der Waals surface area contributed by atoms with Crippen LogP contribution in [0.25, 0.3) is 22.2 Å². The first-order valence-electron chi connectivity index (χ1n) is 5.59. The maximum Gasteiger partial charge on any atom is 0.0494 e. The van der Waals surface area contributed by atoms with Crippen molar-refractivity contribution in [2.45, 2.75) is 6.92 Å². The number of hydrogen-bond donors (Lipinski definition) is 1. The van der Waals surface area contributed by atoms with Gasteiger partial charge in [-0.25, -0.2) is 0 Å². The molecule has 0 saturated heterocycles. The monoisotopic (exact) mass is 285 g/mol. The Labute approximate surface area is 109 Å². The minimum atomic E-state index is 1.14. The smallest absolute Gasteiger partial charge is 0.0494 e. The molecule has 84 valence electrons. The van der Waals surface area contributed by atoms with Crippen molar-refractivity contribution in [3.05, 3.63) is 58.6 Å². The number of benzene rings is 2. The fourth-order valence-corrected chi connectivity index (χ4v) is 2.92. The molecule has 0 fully saturated rings. The first-order chi connectivity index (χ1) is 8.27. The van der Waals surface area contributed by atoms with Crippen LogP contribution < -0.4 is 0 Å².